The van der Waals surface area contributed by atoms with E-state index in [9.17, 15) is 5.11 Å². The van der Waals surface area contributed by atoms with Gasteiger partial charge < -0.3 is 10.4 Å². The zero-order chi connectivity index (χ0) is 17.4. The zero-order valence-electron chi connectivity index (χ0n) is 15.0. The van der Waals surface area contributed by atoms with E-state index in [0.717, 1.165) is 27.9 Å². The highest BCUT2D eigenvalue weighted by Crippen LogP contribution is 2.30. The van der Waals surface area contributed by atoms with Crippen LogP contribution in [0.1, 0.15) is 33.5 Å². The third-order valence-corrected chi connectivity index (χ3v) is 4.68. The number of nitrogens with one attached hydrogen (secondary N) is 1. The fourth-order valence-electron chi connectivity index (χ4n) is 3.16. The molecule has 2 aromatic carbocycles. The van der Waals surface area contributed by atoms with E-state index in [4.69, 9.17) is 0 Å². The molecule has 0 radical (unpaired) electrons. The summed E-state index contributed by atoms with van der Waals surface area (Å²) >= 11 is 0. The van der Waals surface area contributed by atoms with Gasteiger partial charge in [-0.2, -0.15) is 0 Å². The van der Waals surface area contributed by atoms with E-state index in [1.54, 1.807) is 0 Å². The molecule has 0 saturated carbocycles. The highest BCUT2D eigenvalue weighted by Gasteiger charge is 2.09. The summed E-state index contributed by atoms with van der Waals surface area (Å²) in [6, 6.07) is 10.4. The largest absolute Gasteiger partial charge is 0.505 e. The molecule has 0 saturated heterocycles. The number of hydrogen-bond acceptors (Lipinski definition) is 3. The Hall–Kier alpha value is -2.55. The van der Waals surface area contributed by atoms with Crippen LogP contribution in [0, 0.1) is 34.6 Å². The zero-order valence-corrected chi connectivity index (χ0v) is 15.0. The van der Waals surface area contributed by atoms with Crippen molar-refractivity contribution in [2.24, 2.45) is 0 Å². The number of phenolic OH excluding ortho intramolecular Hbond substituents is 1. The first kappa shape index (κ1) is 16.3. The molecule has 0 aliphatic carbocycles. The molecule has 3 rings (SSSR count). The van der Waals surface area contributed by atoms with Gasteiger partial charge in [-0.05, 0) is 74.6 Å². The average molecular weight is 320 g/mol. The molecule has 0 aliphatic heterocycles. The average Bonchev–Trinajstić information content (AvgIpc) is 2.54. The molecule has 2 N–H and O–H groups in total. The second kappa shape index (κ2) is 6.16. The number of rotatable bonds is 3. The fraction of sp³-hybridized carbons (Fsp3) is 0.286. The number of pyridine rings is 1. The van der Waals surface area contributed by atoms with Gasteiger partial charge in [0.2, 0.25) is 0 Å². The summed E-state index contributed by atoms with van der Waals surface area (Å²) < 4.78 is 0. The monoisotopic (exact) mass is 320 g/mol. The highest BCUT2D eigenvalue weighted by molar-refractivity contribution is 5.88. The van der Waals surface area contributed by atoms with Crippen molar-refractivity contribution >= 4 is 16.6 Å². The Balaban J connectivity index is 1.93. The Morgan fingerprint density at radius 1 is 0.917 bits per heavy atom. The summed E-state index contributed by atoms with van der Waals surface area (Å²) in [7, 11) is 0. The maximum atomic E-state index is 10.3. The van der Waals surface area contributed by atoms with Gasteiger partial charge in [0.25, 0.3) is 0 Å². The number of aromatic nitrogens is 1. The van der Waals surface area contributed by atoms with Crippen LogP contribution in [0.25, 0.3) is 10.9 Å². The number of nitrogens with zero attached hydrogens (tertiary/aromatic N) is 1. The fourth-order valence-corrected chi connectivity index (χ4v) is 3.16. The van der Waals surface area contributed by atoms with Crippen molar-refractivity contribution in [3.8, 4) is 5.75 Å². The molecule has 24 heavy (non-hydrogen) atoms. The van der Waals surface area contributed by atoms with E-state index in [2.05, 4.69) is 43.2 Å². The molecular weight excluding hydrogens is 296 g/mol. The minimum Gasteiger partial charge on any atom is -0.505 e. The van der Waals surface area contributed by atoms with Crippen LogP contribution >= 0.6 is 0 Å². The Labute approximate surface area is 143 Å². The highest BCUT2D eigenvalue weighted by atomic mass is 16.3. The summed E-state index contributed by atoms with van der Waals surface area (Å²) in [4.78, 5) is 4.67. The van der Waals surface area contributed by atoms with Crippen LogP contribution in [-0.2, 0) is 6.54 Å². The van der Waals surface area contributed by atoms with Gasteiger partial charge >= 0.3 is 0 Å². The van der Waals surface area contributed by atoms with Crippen LogP contribution in [0.5, 0.6) is 5.75 Å². The van der Waals surface area contributed by atoms with Crippen LogP contribution in [0.3, 0.4) is 0 Å². The van der Waals surface area contributed by atoms with Crippen molar-refractivity contribution < 1.29 is 5.11 Å². The number of aromatic hydroxyl groups is 1. The summed E-state index contributed by atoms with van der Waals surface area (Å²) in [5, 5.41) is 14.8. The standard InChI is InChI=1S/C21H24N2O/c1-12-8-13(2)16(5)19(9-12)22-11-17-6-7-18-14(3)10-15(4)21(24)20(18)23-17/h6-10,22,24H,11H2,1-5H3. The Morgan fingerprint density at radius 2 is 1.67 bits per heavy atom. The first-order chi connectivity index (χ1) is 11.4. The molecule has 0 atom stereocenters. The number of benzene rings is 2. The van der Waals surface area contributed by atoms with Crippen LogP contribution in [0.2, 0.25) is 0 Å². The number of anilines is 1. The summed E-state index contributed by atoms with van der Waals surface area (Å²) in [5.74, 6) is 0.278. The molecule has 3 heteroatoms. The second-order valence-corrected chi connectivity index (χ2v) is 6.67. The molecule has 0 fully saturated rings. The lowest BCUT2D eigenvalue weighted by Crippen LogP contribution is -2.04. The number of phenols is 1. The predicted molar refractivity (Wildman–Crippen MR) is 101 cm³/mol. The molecule has 0 amide bonds. The van der Waals surface area contributed by atoms with Crippen molar-refractivity contribution in [1.29, 1.82) is 0 Å². The van der Waals surface area contributed by atoms with Gasteiger partial charge in [0.15, 0.2) is 0 Å². The van der Waals surface area contributed by atoms with Gasteiger partial charge in [0, 0.05) is 11.1 Å². The van der Waals surface area contributed by atoms with E-state index in [1.807, 2.05) is 32.0 Å². The lowest BCUT2D eigenvalue weighted by atomic mass is 10.0. The van der Waals surface area contributed by atoms with Crippen LogP contribution in [0.4, 0.5) is 5.69 Å². The van der Waals surface area contributed by atoms with Gasteiger partial charge in [0.05, 0.1) is 12.2 Å². The van der Waals surface area contributed by atoms with Crippen LogP contribution < -0.4 is 5.32 Å². The van der Waals surface area contributed by atoms with Crippen molar-refractivity contribution in [3.05, 3.63) is 63.8 Å². The lowest BCUT2D eigenvalue weighted by molar-refractivity contribution is 0.476. The summed E-state index contributed by atoms with van der Waals surface area (Å²) in [6.45, 7) is 11.0. The number of hydrogen-bond donors (Lipinski definition) is 2. The van der Waals surface area contributed by atoms with Gasteiger partial charge in [0.1, 0.15) is 11.3 Å². The van der Waals surface area contributed by atoms with E-state index in [1.165, 1.54) is 16.7 Å². The summed E-state index contributed by atoms with van der Waals surface area (Å²) in [5.41, 5.74) is 8.53. The van der Waals surface area contributed by atoms with Gasteiger partial charge in [-0.3, -0.25) is 0 Å². The molecule has 0 bridgehead atoms. The Bertz CT molecular complexity index is 929. The van der Waals surface area contributed by atoms with Crippen molar-refractivity contribution in [2.75, 3.05) is 5.32 Å². The van der Waals surface area contributed by atoms with E-state index in [0.29, 0.717) is 12.1 Å². The van der Waals surface area contributed by atoms with Crippen molar-refractivity contribution in [1.82, 2.24) is 4.98 Å². The molecular formula is C21H24N2O. The molecule has 0 spiro atoms. The Kier molecular flexibility index (Phi) is 4.18. The maximum Gasteiger partial charge on any atom is 0.144 e. The lowest BCUT2D eigenvalue weighted by Gasteiger charge is -2.14. The van der Waals surface area contributed by atoms with Gasteiger partial charge in [-0.1, -0.05) is 18.2 Å². The topological polar surface area (TPSA) is 45.1 Å². The molecule has 1 heterocycles. The van der Waals surface area contributed by atoms with E-state index in [-0.39, 0.29) is 5.75 Å². The number of aryl methyl sites for hydroxylation is 4. The third kappa shape index (κ3) is 2.94. The van der Waals surface area contributed by atoms with Crippen molar-refractivity contribution in [3.63, 3.8) is 0 Å². The minimum absolute atomic E-state index is 0.278. The van der Waals surface area contributed by atoms with E-state index >= 15 is 0 Å². The number of fused-ring (bicyclic) bond motifs is 1. The quantitative estimate of drug-likeness (QED) is 0.706. The summed E-state index contributed by atoms with van der Waals surface area (Å²) in [6.07, 6.45) is 0. The molecule has 0 unspecified atom stereocenters. The first-order valence-electron chi connectivity index (χ1n) is 8.27. The van der Waals surface area contributed by atoms with Gasteiger partial charge in [-0.25, -0.2) is 4.98 Å². The molecule has 0 aliphatic rings. The maximum absolute atomic E-state index is 10.3. The molecule has 3 aromatic rings. The molecule has 124 valence electrons. The minimum atomic E-state index is 0.278. The molecule has 3 nitrogen and oxygen atoms in total. The molecule has 1 aromatic heterocycles. The van der Waals surface area contributed by atoms with Crippen molar-refractivity contribution in [2.45, 2.75) is 41.2 Å². The normalized spacial score (nSPS) is 11.0. The smallest absolute Gasteiger partial charge is 0.144 e. The van der Waals surface area contributed by atoms with E-state index < -0.39 is 0 Å². The first-order valence-corrected chi connectivity index (χ1v) is 8.27. The predicted octanol–water partition coefficient (Wildman–Crippen LogP) is 5.09. The van der Waals surface area contributed by atoms with Crippen LogP contribution in [0.15, 0.2) is 30.3 Å². The SMILES string of the molecule is Cc1cc(C)c(C)c(NCc2ccc3c(C)cc(C)c(O)c3n2)c1. The Morgan fingerprint density at radius 3 is 2.42 bits per heavy atom. The second-order valence-electron chi connectivity index (χ2n) is 6.67. The third-order valence-electron chi connectivity index (χ3n) is 4.68. The van der Waals surface area contributed by atoms with Crippen LogP contribution in [-0.4, -0.2) is 10.1 Å². The van der Waals surface area contributed by atoms with Gasteiger partial charge in [-0.15, -0.1) is 0 Å².